The number of esters is 1. The normalized spacial score (nSPS) is 11.6. The van der Waals surface area contributed by atoms with E-state index in [0.717, 1.165) is 6.20 Å². The minimum Gasteiger partial charge on any atom is -0.465 e. The molecule has 0 fully saturated rings. The number of Topliss-reactive ketones (excluding diaryl/α,β-unsaturated/α-hetero) is 1. The number of fused-ring (bicyclic) bond motifs is 1. The highest BCUT2D eigenvalue weighted by Crippen LogP contribution is 2.30. The lowest BCUT2D eigenvalue weighted by atomic mass is 10.1. The minimum atomic E-state index is -5.06. The molecule has 3 aromatic rings. The number of ether oxygens (including phenoxy) is 1. The van der Waals surface area contributed by atoms with Crippen LogP contribution >= 0.6 is 0 Å². The largest absolute Gasteiger partial charge is 0.465 e. The first-order valence-corrected chi connectivity index (χ1v) is 7.78. The van der Waals surface area contributed by atoms with E-state index in [2.05, 4.69) is 4.74 Å². The zero-order chi connectivity index (χ0) is 19.8. The van der Waals surface area contributed by atoms with Crippen molar-refractivity contribution in [3.63, 3.8) is 0 Å². The molecular weight excluding hydrogens is 366 g/mol. The molecule has 4 nitrogen and oxygen atoms in total. The van der Waals surface area contributed by atoms with Crippen LogP contribution in [0.4, 0.5) is 17.6 Å². The van der Waals surface area contributed by atoms with Gasteiger partial charge in [0.05, 0.1) is 24.8 Å². The predicted octanol–water partition coefficient (Wildman–Crippen LogP) is 4.36. The van der Waals surface area contributed by atoms with Crippen LogP contribution in [0.2, 0.25) is 0 Å². The first kappa shape index (κ1) is 18.6. The molecule has 140 valence electrons. The van der Waals surface area contributed by atoms with Crippen molar-refractivity contribution in [2.24, 2.45) is 0 Å². The topological polar surface area (TPSA) is 48.3 Å². The highest BCUT2D eigenvalue weighted by molar-refractivity contribution is 6.11. The van der Waals surface area contributed by atoms with Crippen molar-refractivity contribution in [3.05, 3.63) is 71.2 Å². The maximum atomic E-state index is 14.0. The van der Waals surface area contributed by atoms with Gasteiger partial charge in [0.2, 0.25) is 0 Å². The van der Waals surface area contributed by atoms with E-state index >= 15 is 0 Å². The smallest absolute Gasteiger partial charge is 0.454 e. The third-order valence-corrected chi connectivity index (χ3v) is 4.10. The number of halogens is 4. The van der Waals surface area contributed by atoms with Crippen LogP contribution in [0.25, 0.3) is 10.9 Å². The first-order valence-electron chi connectivity index (χ1n) is 7.78. The standard InChI is InChI=1S/C19H13F4NO3/c1-27-18(26)11-6-7-13-14(17(25)19(21,22)23)10-24(16(13)8-11)9-12-4-2-3-5-15(12)20/h2-8,10H,9H2,1H3. The Morgan fingerprint density at radius 2 is 1.81 bits per heavy atom. The van der Waals surface area contributed by atoms with Crippen molar-refractivity contribution in [1.82, 2.24) is 4.57 Å². The molecule has 2 aromatic carbocycles. The zero-order valence-corrected chi connectivity index (χ0v) is 14.0. The Kier molecular flexibility index (Phi) is 4.73. The van der Waals surface area contributed by atoms with Crippen LogP contribution in [0.15, 0.2) is 48.7 Å². The maximum Gasteiger partial charge on any atom is 0.454 e. The second kappa shape index (κ2) is 6.86. The van der Waals surface area contributed by atoms with Gasteiger partial charge >= 0.3 is 12.1 Å². The van der Waals surface area contributed by atoms with Gasteiger partial charge < -0.3 is 9.30 Å². The van der Waals surface area contributed by atoms with Gasteiger partial charge in [-0.1, -0.05) is 24.3 Å². The van der Waals surface area contributed by atoms with Crippen molar-refractivity contribution in [2.75, 3.05) is 7.11 Å². The van der Waals surface area contributed by atoms with Gasteiger partial charge in [-0.2, -0.15) is 13.2 Å². The summed E-state index contributed by atoms with van der Waals surface area (Å²) < 4.78 is 58.7. The second-order valence-corrected chi connectivity index (χ2v) is 5.81. The molecule has 0 aliphatic heterocycles. The average Bonchev–Trinajstić information content (AvgIpc) is 2.99. The third-order valence-electron chi connectivity index (χ3n) is 4.10. The maximum absolute atomic E-state index is 14.0. The number of methoxy groups -OCH3 is 1. The Balaban J connectivity index is 2.19. The first-order chi connectivity index (χ1) is 12.7. The molecule has 0 N–H and O–H groups in total. The third kappa shape index (κ3) is 3.55. The molecule has 0 spiro atoms. The van der Waals surface area contributed by atoms with E-state index in [4.69, 9.17) is 0 Å². The Bertz CT molecular complexity index is 1040. The molecule has 0 radical (unpaired) electrons. The van der Waals surface area contributed by atoms with Crippen LogP contribution in [-0.4, -0.2) is 29.6 Å². The fourth-order valence-corrected chi connectivity index (χ4v) is 2.81. The number of hydrogen-bond donors (Lipinski definition) is 0. The van der Waals surface area contributed by atoms with Gasteiger partial charge in [-0.05, 0) is 18.2 Å². The van der Waals surface area contributed by atoms with E-state index in [0.29, 0.717) is 0 Å². The number of hydrogen-bond acceptors (Lipinski definition) is 3. The summed E-state index contributed by atoms with van der Waals surface area (Å²) in [7, 11) is 1.17. The van der Waals surface area contributed by atoms with Gasteiger partial charge in [0.1, 0.15) is 5.82 Å². The Morgan fingerprint density at radius 1 is 1.11 bits per heavy atom. The van der Waals surface area contributed by atoms with Crippen LogP contribution < -0.4 is 0 Å². The van der Waals surface area contributed by atoms with Crippen LogP contribution in [0.3, 0.4) is 0 Å². The van der Waals surface area contributed by atoms with Gasteiger partial charge in [0, 0.05) is 22.7 Å². The molecule has 27 heavy (non-hydrogen) atoms. The lowest BCUT2D eigenvalue weighted by molar-refractivity contribution is -0.0884. The zero-order valence-electron chi connectivity index (χ0n) is 14.0. The summed E-state index contributed by atoms with van der Waals surface area (Å²) in [6.07, 6.45) is -4.04. The lowest BCUT2D eigenvalue weighted by Gasteiger charge is -2.07. The Hall–Kier alpha value is -3.16. The van der Waals surface area contributed by atoms with Gasteiger partial charge in [0.25, 0.3) is 5.78 Å². The van der Waals surface area contributed by atoms with Gasteiger partial charge in [-0.25, -0.2) is 9.18 Å². The van der Waals surface area contributed by atoms with Crippen molar-refractivity contribution in [3.8, 4) is 0 Å². The number of benzene rings is 2. The molecule has 0 saturated heterocycles. The van der Waals surface area contributed by atoms with Gasteiger partial charge in [-0.3, -0.25) is 4.79 Å². The quantitative estimate of drug-likeness (QED) is 0.384. The predicted molar refractivity (Wildman–Crippen MR) is 89.2 cm³/mol. The lowest BCUT2D eigenvalue weighted by Crippen LogP contribution is -2.22. The van der Waals surface area contributed by atoms with E-state index in [9.17, 15) is 27.2 Å². The van der Waals surface area contributed by atoms with Crippen LogP contribution in [0, 0.1) is 5.82 Å². The SMILES string of the molecule is COC(=O)c1ccc2c(C(=O)C(F)(F)F)cn(Cc3ccccc3F)c2c1. The van der Waals surface area contributed by atoms with Crippen LogP contribution in [0.5, 0.6) is 0 Å². The molecule has 0 saturated carbocycles. The number of carbonyl (C=O) groups is 2. The van der Waals surface area contributed by atoms with Gasteiger partial charge in [-0.15, -0.1) is 0 Å². The summed E-state index contributed by atoms with van der Waals surface area (Å²) in [6.45, 7) is -0.112. The summed E-state index contributed by atoms with van der Waals surface area (Å²) in [5, 5.41) is 0.0151. The van der Waals surface area contributed by atoms with E-state index in [1.54, 1.807) is 6.07 Å². The second-order valence-electron chi connectivity index (χ2n) is 5.81. The van der Waals surface area contributed by atoms with E-state index in [-0.39, 0.29) is 28.6 Å². The highest BCUT2D eigenvalue weighted by atomic mass is 19.4. The molecule has 0 aliphatic rings. The average molecular weight is 379 g/mol. The number of nitrogens with zero attached hydrogens (tertiary/aromatic N) is 1. The van der Waals surface area contributed by atoms with E-state index in [1.807, 2.05) is 0 Å². The summed E-state index contributed by atoms with van der Waals surface area (Å²) in [4.78, 5) is 23.5. The number of ketones is 1. The van der Waals surface area contributed by atoms with Crippen molar-refractivity contribution < 1.29 is 31.9 Å². The molecule has 0 aliphatic carbocycles. The van der Waals surface area contributed by atoms with E-state index in [1.165, 1.54) is 48.1 Å². The van der Waals surface area contributed by atoms with Crippen molar-refractivity contribution in [1.29, 1.82) is 0 Å². The van der Waals surface area contributed by atoms with Crippen molar-refractivity contribution in [2.45, 2.75) is 12.7 Å². The molecule has 8 heteroatoms. The molecular formula is C19H13F4NO3. The molecule has 1 heterocycles. The molecule has 0 bridgehead atoms. The Labute approximate surface area is 151 Å². The summed E-state index contributed by atoms with van der Waals surface area (Å²) in [5.41, 5.74) is -0.0493. The molecule has 3 rings (SSSR count). The number of carbonyl (C=O) groups excluding carboxylic acids is 2. The molecule has 1 aromatic heterocycles. The molecule has 0 atom stereocenters. The summed E-state index contributed by atoms with van der Waals surface area (Å²) in [6, 6.07) is 9.62. The fraction of sp³-hybridized carbons (Fsp3) is 0.158. The van der Waals surface area contributed by atoms with Gasteiger partial charge in [0.15, 0.2) is 0 Å². The van der Waals surface area contributed by atoms with Crippen LogP contribution in [-0.2, 0) is 11.3 Å². The summed E-state index contributed by atoms with van der Waals surface area (Å²) >= 11 is 0. The Morgan fingerprint density at radius 3 is 2.44 bits per heavy atom. The highest BCUT2D eigenvalue weighted by Gasteiger charge is 2.41. The summed E-state index contributed by atoms with van der Waals surface area (Å²) in [5.74, 6) is -3.22. The fourth-order valence-electron chi connectivity index (χ4n) is 2.81. The molecule has 0 unspecified atom stereocenters. The monoisotopic (exact) mass is 379 g/mol. The van der Waals surface area contributed by atoms with Crippen molar-refractivity contribution >= 4 is 22.7 Å². The van der Waals surface area contributed by atoms with E-state index < -0.39 is 29.3 Å². The number of rotatable bonds is 4. The number of alkyl halides is 3. The minimum absolute atomic E-state index is 0.0151. The number of aromatic nitrogens is 1. The molecule has 0 amide bonds. The van der Waals surface area contributed by atoms with Crippen LogP contribution in [0.1, 0.15) is 26.3 Å².